The highest BCUT2D eigenvalue weighted by Gasteiger charge is 2.28. The van der Waals surface area contributed by atoms with Gasteiger partial charge in [0.05, 0.1) is 17.3 Å². The first kappa shape index (κ1) is 16.4. The number of fused-ring (bicyclic) bond motifs is 1. The Labute approximate surface area is 139 Å². The Morgan fingerprint density at radius 3 is 3.00 bits per heavy atom. The summed E-state index contributed by atoms with van der Waals surface area (Å²) >= 11 is 0. The van der Waals surface area contributed by atoms with Crippen molar-refractivity contribution in [1.82, 2.24) is 4.90 Å². The van der Waals surface area contributed by atoms with Gasteiger partial charge in [0.1, 0.15) is 12.4 Å². The molecular weight excluding hydrogens is 336 g/mol. The van der Waals surface area contributed by atoms with Crippen molar-refractivity contribution >= 4 is 27.8 Å². The third kappa shape index (κ3) is 3.23. The van der Waals surface area contributed by atoms with Gasteiger partial charge in [-0.2, -0.15) is 8.42 Å². The number of hydrogen-bond donors (Lipinski definition) is 3. The number of carboxylic acid groups (broad SMARTS) is 1. The van der Waals surface area contributed by atoms with Gasteiger partial charge in [-0.15, -0.1) is 4.40 Å². The molecule has 10 heteroatoms. The van der Waals surface area contributed by atoms with Crippen molar-refractivity contribution in [3.63, 3.8) is 0 Å². The predicted molar refractivity (Wildman–Crippen MR) is 87.6 cm³/mol. The molecule has 24 heavy (non-hydrogen) atoms. The Morgan fingerprint density at radius 2 is 2.25 bits per heavy atom. The molecule has 1 saturated heterocycles. The molecule has 0 bridgehead atoms. The molecule has 3 rings (SSSR count). The van der Waals surface area contributed by atoms with Gasteiger partial charge in [0.2, 0.25) is 0 Å². The maximum atomic E-state index is 11.6. The van der Waals surface area contributed by atoms with Crippen LogP contribution in [0.1, 0.15) is 24.8 Å². The van der Waals surface area contributed by atoms with Crippen molar-refractivity contribution < 1.29 is 23.1 Å². The monoisotopic (exact) mass is 354 g/mol. The molecule has 0 aliphatic carbocycles. The van der Waals surface area contributed by atoms with Crippen molar-refractivity contribution in [2.45, 2.75) is 25.3 Å². The number of piperidine rings is 1. The summed E-state index contributed by atoms with van der Waals surface area (Å²) in [6.07, 6.45) is 1.53. The van der Waals surface area contributed by atoms with E-state index < -0.39 is 16.3 Å². The summed E-state index contributed by atoms with van der Waals surface area (Å²) in [7, 11) is -3.85. The van der Waals surface area contributed by atoms with Crippen LogP contribution < -0.4 is 15.2 Å². The summed E-state index contributed by atoms with van der Waals surface area (Å²) in [5.41, 5.74) is 6.41. The van der Waals surface area contributed by atoms with Gasteiger partial charge in [0.15, 0.2) is 5.84 Å². The molecule has 2 aliphatic rings. The maximum absolute atomic E-state index is 11.6. The van der Waals surface area contributed by atoms with Crippen molar-refractivity contribution in [3.8, 4) is 5.75 Å². The largest absolute Gasteiger partial charge is 0.491 e. The van der Waals surface area contributed by atoms with Crippen molar-refractivity contribution in [2.75, 3.05) is 17.9 Å². The van der Waals surface area contributed by atoms with Crippen LogP contribution in [0.4, 0.5) is 10.5 Å². The van der Waals surface area contributed by atoms with E-state index in [1.807, 2.05) is 0 Å². The second-order valence-corrected chi connectivity index (χ2v) is 7.01. The van der Waals surface area contributed by atoms with Crippen molar-refractivity contribution in [3.05, 3.63) is 23.8 Å². The van der Waals surface area contributed by atoms with Crippen LogP contribution in [-0.4, -0.2) is 49.5 Å². The fraction of sp³-hybridized carbons (Fsp3) is 0.429. The van der Waals surface area contributed by atoms with E-state index in [4.69, 9.17) is 10.5 Å². The predicted octanol–water partition coefficient (Wildman–Crippen LogP) is 0.973. The Balaban J connectivity index is 1.81. The number of benzene rings is 1. The number of nitrogens with one attached hydrogen (secondary N) is 1. The lowest BCUT2D eigenvalue weighted by Crippen LogP contribution is -2.46. The van der Waals surface area contributed by atoms with Gasteiger partial charge in [-0.3, -0.25) is 4.72 Å². The molecule has 1 aromatic carbocycles. The van der Waals surface area contributed by atoms with Gasteiger partial charge in [-0.1, -0.05) is 6.07 Å². The van der Waals surface area contributed by atoms with Gasteiger partial charge < -0.3 is 20.5 Å². The fourth-order valence-corrected chi connectivity index (χ4v) is 3.79. The lowest BCUT2D eigenvalue weighted by Gasteiger charge is -2.33. The van der Waals surface area contributed by atoms with Crippen LogP contribution >= 0.6 is 0 Å². The van der Waals surface area contributed by atoms with Crippen LogP contribution in [0.15, 0.2) is 22.6 Å². The van der Waals surface area contributed by atoms with E-state index in [0.29, 0.717) is 23.5 Å². The summed E-state index contributed by atoms with van der Waals surface area (Å²) in [5.74, 6) is 0.213. The normalized spacial score (nSPS) is 22.1. The van der Waals surface area contributed by atoms with E-state index in [0.717, 1.165) is 19.3 Å². The number of anilines is 1. The first-order valence-corrected chi connectivity index (χ1v) is 8.95. The minimum Gasteiger partial charge on any atom is -0.491 e. The Bertz CT molecular complexity index is 792. The highest BCUT2D eigenvalue weighted by atomic mass is 32.2. The first-order chi connectivity index (χ1) is 11.4. The van der Waals surface area contributed by atoms with Crippen LogP contribution in [-0.2, 0) is 10.2 Å². The summed E-state index contributed by atoms with van der Waals surface area (Å²) in [5, 5.41) is 9.25. The summed E-state index contributed by atoms with van der Waals surface area (Å²) in [4.78, 5) is 12.7. The molecule has 4 N–H and O–H groups in total. The number of likely N-dealkylation sites (tertiary alicyclic amines) is 1. The van der Waals surface area contributed by atoms with Crippen LogP contribution in [0.2, 0.25) is 0 Å². The number of amidine groups is 1. The standard InChI is InChI=1S/C14H18N4O5S/c15-13-12-10(16-24(21,22)17-13)5-3-6-11(12)23-8-9-4-1-2-7-18(9)14(19)20/h3,5-6,9,16H,1-2,4,7-8H2,(H2,15,17)(H,19,20). The second-order valence-electron chi connectivity index (χ2n) is 5.67. The number of nitrogens with zero attached hydrogens (tertiary/aromatic N) is 2. The van der Waals surface area contributed by atoms with Gasteiger partial charge in [0, 0.05) is 6.54 Å². The van der Waals surface area contributed by atoms with Crippen LogP contribution in [0.25, 0.3) is 0 Å². The van der Waals surface area contributed by atoms with Crippen molar-refractivity contribution in [1.29, 1.82) is 0 Å². The number of nitrogens with two attached hydrogens (primary N) is 1. The average molecular weight is 354 g/mol. The molecule has 9 nitrogen and oxygen atoms in total. The van der Waals surface area contributed by atoms with E-state index in [1.54, 1.807) is 18.2 Å². The minimum absolute atomic E-state index is 0.155. The number of carbonyl (C=O) groups is 1. The number of rotatable bonds is 3. The van der Waals surface area contributed by atoms with E-state index in [2.05, 4.69) is 9.12 Å². The third-order valence-electron chi connectivity index (χ3n) is 4.04. The summed E-state index contributed by atoms with van der Waals surface area (Å²) in [6, 6.07) is 4.59. The Morgan fingerprint density at radius 1 is 1.46 bits per heavy atom. The number of ether oxygens (including phenoxy) is 1. The molecule has 130 valence electrons. The molecule has 1 unspecified atom stereocenters. The highest BCUT2D eigenvalue weighted by Crippen LogP contribution is 2.31. The molecule has 0 radical (unpaired) electrons. The lowest BCUT2D eigenvalue weighted by atomic mass is 10.0. The maximum Gasteiger partial charge on any atom is 0.407 e. The van der Waals surface area contributed by atoms with Crippen LogP contribution in [0.3, 0.4) is 0 Å². The Kier molecular flexibility index (Phi) is 4.22. The van der Waals surface area contributed by atoms with Gasteiger partial charge in [-0.05, 0) is 31.4 Å². The molecule has 1 fully saturated rings. The van der Waals surface area contributed by atoms with Gasteiger partial charge >= 0.3 is 16.3 Å². The summed E-state index contributed by atoms with van der Waals surface area (Å²) in [6.45, 7) is 0.655. The molecule has 0 spiro atoms. The van der Waals surface area contributed by atoms with Crippen LogP contribution in [0.5, 0.6) is 5.75 Å². The van der Waals surface area contributed by atoms with Crippen molar-refractivity contribution in [2.24, 2.45) is 10.1 Å². The molecule has 0 saturated carbocycles. The van der Waals surface area contributed by atoms with E-state index in [1.165, 1.54) is 4.90 Å². The molecule has 1 amide bonds. The van der Waals surface area contributed by atoms with E-state index in [-0.39, 0.29) is 18.5 Å². The molecule has 0 aromatic heterocycles. The van der Waals surface area contributed by atoms with Gasteiger partial charge in [0.25, 0.3) is 0 Å². The topological polar surface area (TPSA) is 134 Å². The molecule has 2 aliphatic heterocycles. The summed E-state index contributed by atoms with van der Waals surface area (Å²) < 4.78 is 34.6. The molecule has 2 heterocycles. The highest BCUT2D eigenvalue weighted by molar-refractivity contribution is 7.91. The zero-order chi connectivity index (χ0) is 17.3. The average Bonchev–Trinajstić information content (AvgIpc) is 2.51. The minimum atomic E-state index is -3.85. The SMILES string of the molecule is NC1=NS(=O)(=O)Nc2cccc(OCC3CCCCN3C(=O)O)c21. The quantitative estimate of drug-likeness (QED) is 0.740. The lowest BCUT2D eigenvalue weighted by molar-refractivity contribution is 0.0837. The smallest absolute Gasteiger partial charge is 0.407 e. The third-order valence-corrected chi connectivity index (χ3v) is 4.96. The zero-order valence-electron chi connectivity index (χ0n) is 12.8. The second kappa shape index (κ2) is 6.19. The van der Waals surface area contributed by atoms with E-state index in [9.17, 15) is 18.3 Å². The van der Waals surface area contributed by atoms with Gasteiger partial charge in [-0.25, -0.2) is 4.79 Å². The van der Waals surface area contributed by atoms with E-state index >= 15 is 0 Å². The Hall–Kier alpha value is -2.49. The molecule has 1 atom stereocenters. The molecular formula is C14H18N4O5S. The zero-order valence-corrected chi connectivity index (χ0v) is 13.6. The fourth-order valence-electron chi connectivity index (χ4n) is 2.95. The van der Waals surface area contributed by atoms with Crippen LogP contribution in [0, 0.1) is 0 Å². The first-order valence-electron chi connectivity index (χ1n) is 7.51. The number of hydrogen-bond acceptors (Lipinski definition) is 5. The molecule has 1 aromatic rings. The number of amides is 1.